The number of thiazole rings is 1. The van der Waals surface area contributed by atoms with Crippen molar-refractivity contribution in [2.75, 3.05) is 12.4 Å². The molecule has 0 atom stereocenters. The lowest BCUT2D eigenvalue weighted by Crippen LogP contribution is -2.12. The SMILES string of the molecule is COc1ccccc1C(=O)Nc1ncc(C#N)s1. The van der Waals surface area contributed by atoms with E-state index < -0.39 is 0 Å². The molecule has 1 aromatic heterocycles. The Labute approximate surface area is 108 Å². The third kappa shape index (κ3) is 2.47. The van der Waals surface area contributed by atoms with Gasteiger partial charge in [0.2, 0.25) is 0 Å². The minimum atomic E-state index is -0.314. The molecule has 0 spiro atoms. The third-order valence-corrected chi connectivity index (χ3v) is 3.01. The number of hydrogen-bond acceptors (Lipinski definition) is 5. The molecule has 0 bridgehead atoms. The van der Waals surface area contributed by atoms with E-state index in [-0.39, 0.29) is 5.91 Å². The van der Waals surface area contributed by atoms with E-state index in [1.54, 1.807) is 24.3 Å². The molecule has 0 saturated carbocycles. The summed E-state index contributed by atoms with van der Waals surface area (Å²) < 4.78 is 5.10. The largest absolute Gasteiger partial charge is 0.496 e. The molecule has 0 unspecified atom stereocenters. The summed E-state index contributed by atoms with van der Waals surface area (Å²) in [6, 6.07) is 8.86. The first kappa shape index (κ1) is 12.1. The summed E-state index contributed by atoms with van der Waals surface area (Å²) in [5.41, 5.74) is 0.425. The molecule has 0 aliphatic carbocycles. The highest BCUT2D eigenvalue weighted by atomic mass is 32.1. The predicted molar refractivity (Wildman–Crippen MR) is 67.8 cm³/mol. The van der Waals surface area contributed by atoms with Crippen molar-refractivity contribution in [3.05, 3.63) is 40.9 Å². The summed E-state index contributed by atoms with van der Waals surface area (Å²) in [4.78, 5) is 16.4. The molecular formula is C12H9N3O2S. The highest BCUT2D eigenvalue weighted by Gasteiger charge is 2.13. The molecule has 2 rings (SSSR count). The third-order valence-electron chi connectivity index (χ3n) is 2.19. The fraction of sp³-hybridized carbons (Fsp3) is 0.0833. The van der Waals surface area contributed by atoms with Crippen LogP contribution in [-0.2, 0) is 0 Å². The number of carbonyl (C=O) groups is 1. The normalized spacial score (nSPS) is 9.56. The smallest absolute Gasteiger partial charge is 0.261 e. The van der Waals surface area contributed by atoms with E-state index in [0.717, 1.165) is 11.3 Å². The van der Waals surface area contributed by atoms with Gasteiger partial charge >= 0.3 is 0 Å². The quantitative estimate of drug-likeness (QED) is 0.917. The van der Waals surface area contributed by atoms with Gasteiger partial charge in [0.1, 0.15) is 16.7 Å². The highest BCUT2D eigenvalue weighted by molar-refractivity contribution is 7.16. The number of rotatable bonds is 3. The van der Waals surface area contributed by atoms with Gasteiger partial charge in [-0.2, -0.15) is 5.26 Å². The Hall–Kier alpha value is -2.39. The van der Waals surface area contributed by atoms with Crippen LogP contribution in [0.1, 0.15) is 15.2 Å². The van der Waals surface area contributed by atoms with Crippen molar-refractivity contribution in [2.45, 2.75) is 0 Å². The molecule has 1 heterocycles. The van der Waals surface area contributed by atoms with Gasteiger partial charge in [0.15, 0.2) is 5.13 Å². The molecule has 0 saturated heterocycles. The molecule has 1 N–H and O–H groups in total. The summed E-state index contributed by atoms with van der Waals surface area (Å²) in [5.74, 6) is 0.179. The van der Waals surface area contributed by atoms with Crippen LogP contribution >= 0.6 is 11.3 Å². The standard InChI is InChI=1S/C12H9N3O2S/c1-17-10-5-3-2-4-9(10)11(16)15-12-14-7-8(6-13)18-12/h2-5,7H,1H3,(H,14,15,16). The number of nitrogens with zero attached hydrogens (tertiary/aromatic N) is 2. The molecule has 5 nitrogen and oxygen atoms in total. The fourth-order valence-corrected chi connectivity index (χ4v) is 1.99. The van der Waals surface area contributed by atoms with Gasteiger partial charge in [0.25, 0.3) is 5.91 Å². The molecule has 90 valence electrons. The summed E-state index contributed by atoms with van der Waals surface area (Å²) in [5, 5.41) is 11.7. The van der Waals surface area contributed by atoms with E-state index >= 15 is 0 Å². The van der Waals surface area contributed by atoms with Crippen LogP contribution in [0.25, 0.3) is 0 Å². The highest BCUT2D eigenvalue weighted by Crippen LogP contribution is 2.21. The van der Waals surface area contributed by atoms with Crippen molar-refractivity contribution in [1.82, 2.24) is 4.98 Å². The number of aromatic nitrogens is 1. The topological polar surface area (TPSA) is 75.0 Å². The number of anilines is 1. The summed E-state index contributed by atoms with van der Waals surface area (Å²) in [7, 11) is 1.50. The number of ether oxygens (including phenoxy) is 1. The van der Waals surface area contributed by atoms with Crippen LogP contribution in [0.2, 0.25) is 0 Å². The lowest BCUT2D eigenvalue weighted by atomic mass is 10.2. The average Bonchev–Trinajstić information content (AvgIpc) is 2.86. The van der Waals surface area contributed by atoms with E-state index in [9.17, 15) is 4.79 Å². The number of benzene rings is 1. The second-order valence-corrected chi connectivity index (χ2v) is 4.33. The van der Waals surface area contributed by atoms with Crippen molar-refractivity contribution in [1.29, 1.82) is 5.26 Å². The first-order valence-corrected chi connectivity index (χ1v) is 5.86. The average molecular weight is 259 g/mol. The van der Waals surface area contributed by atoms with Gasteiger partial charge in [-0.3, -0.25) is 10.1 Å². The molecule has 1 amide bonds. The van der Waals surface area contributed by atoms with Gasteiger partial charge in [0, 0.05) is 0 Å². The Balaban J connectivity index is 2.19. The first-order chi connectivity index (χ1) is 8.74. The van der Waals surface area contributed by atoms with Gasteiger partial charge in [-0.25, -0.2) is 4.98 Å². The Morgan fingerprint density at radius 1 is 1.50 bits per heavy atom. The first-order valence-electron chi connectivity index (χ1n) is 5.05. The number of nitrogens with one attached hydrogen (secondary N) is 1. The minimum absolute atomic E-state index is 0.314. The second-order valence-electron chi connectivity index (χ2n) is 3.30. The summed E-state index contributed by atoms with van der Waals surface area (Å²) >= 11 is 1.12. The zero-order chi connectivity index (χ0) is 13.0. The van der Waals surface area contributed by atoms with Gasteiger partial charge in [-0.15, -0.1) is 0 Å². The van der Waals surface area contributed by atoms with Crippen molar-refractivity contribution >= 4 is 22.4 Å². The van der Waals surface area contributed by atoms with Crippen molar-refractivity contribution < 1.29 is 9.53 Å². The summed E-state index contributed by atoms with van der Waals surface area (Å²) in [6.45, 7) is 0. The minimum Gasteiger partial charge on any atom is -0.496 e. The molecular weight excluding hydrogens is 250 g/mol. The van der Waals surface area contributed by atoms with Gasteiger partial charge < -0.3 is 4.74 Å². The number of carbonyl (C=O) groups excluding carboxylic acids is 1. The maximum Gasteiger partial charge on any atom is 0.261 e. The van der Waals surface area contributed by atoms with E-state index in [1.165, 1.54) is 13.3 Å². The molecule has 18 heavy (non-hydrogen) atoms. The zero-order valence-electron chi connectivity index (χ0n) is 9.51. The van der Waals surface area contributed by atoms with E-state index in [2.05, 4.69) is 10.3 Å². The molecule has 0 aliphatic heterocycles. The van der Waals surface area contributed by atoms with Crippen molar-refractivity contribution in [3.8, 4) is 11.8 Å². The van der Waals surface area contributed by atoms with E-state index in [1.807, 2.05) is 6.07 Å². The number of nitriles is 1. The molecule has 0 radical (unpaired) electrons. The second kappa shape index (κ2) is 5.29. The van der Waals surface area contributed by atoms with Crippen LogP contribution in [0, 0.1) is 11.3 Å². The molecule has 2 aromatic rings. The van der Waals surface area contributed by atoms with Crippen molar-refractivity contribution in [2.24, 2.45) is 0 Å². The Morgan fingerprint density at radius 3 is 2.94 bits per heavy atom. The maximum atomic E-state index is 12.0. The van der Waals surface area contributed by atoms with Crippen LogP contribution in [-0.4, -0.2) is 18.0 Å². The Morgan fingerprint density at radius 2 is 2.28 bits per heavy atom. The number of amides is 1. The lowest BCUT2D eigenvalue weighted by Gasteiger charge is -2.06. The van der Waals surface area contributed by atoms with Crippen LogP contribution in [0.4, 0.5) is 5.13 Å². The molecule has 0 fully saturated rings. The van der Waals surface area contributed by atoms with Crippen LogP contribution in [0.15, 0.2) is 30.5 Å². The van der Waals surface area contributed by atoms with Crippen LogP contribution < -0.4 is 10.1 Å². The predicted octanol–water partition coefficient (Wildman–Crippen LogP) is 2.28. The van der Waals surface area contributed by atoms with E-state index in [4.69, 9.17) is 10.00 Å². The number of hydrogen-bond donors (Lipinski definition) is 1. The van der Waals surface area contributed by atoms with Gasteiger partial charge in [0.05, 0.1) is 18.9 Å². The lowest BCUT2D eigenvalue weighted by molar-refractivity contribution is 0.102. The maximum absolute atomic E-state index is 12.0. The molecule has 6 heteroatoms. The zero-order valence-corrected chi connectivity index (χ0v) is 10.3. The summed E-state index contributed by atoms with van der Waals surface area (Å²) in [6.07, 6.45) is 1.42. The Kier molecular flexibility index (Phi) is 3.55. The van der Waals surface area contributed by atoms with Gasteiger partial charge in [-0.1, -0.05) is 23.5 Å². The molecule has 0 aliphatic rings. The van der Waals surface area contributed by atoms with Crippen LogP contribution in [0.3, 0.4) is 0 Å². The number of para-hydroxylation sites is 1. The van der Waals surface area contributed by atoms with Crippen molar-refractivity contribution in [3.63, 3.8) is 0 Å². The van der Waals surface area contributed by atoms with Gasteiger partial charge in [-0.05, 0) is 12.1 Å². The van der Waals surface area contributed by atoms with Crippen LogP contribution in [0.5, 0.6) is 5.75 Å². The molecule has 1 aromatic carbocycles. The fourth-order valence-electron chi connectivity index (χ4n) is 1.38. The Bertz CT molecular complexity index is 616. The number of methoxy groups -OCH3 is 1. The van der Waals surface area contributed by atoms with E-state index in [0.29, 0.717) is 21.3 Å². The monoisotopic (exact) mass is 259 g/mol.